The fourth-order valence-corrected chi connectivity index (χ4v) is 2.74. The number of ether oxygens (including phenoxy) is 1. The molecule has 0 bridgehead atoms. The van der Waals surface area contributed by atoms with Gasteiger partial charge in [-0.1, -0.05) is 12.1 Å². The van der Waals surface area contributed by atoms with E-state index in [-0.39, 0.29) is 11.8 Å². The summed E-state index contributed by atoms with van der Waals surface area (Å²) in [5.41, 5.74) is 0.871. The summed E-state index contributed by atoms with van der Waals surface area (Å²) < 4.78 is 5.10. The number of amides is 1. The molecule has 1 amide bonds. The summed E-state index contributed by atoms with van der Waals surface area (Å²) in [6.07, 6.45) is 2.26. The van der Waals surface area contributed by atoms with Crippen LogP contribution in [0.1, 0.15) is 37.7 Å². The van der Waals surface area contributed by atoms with Gasteiger partial charge in [-0.3, -0.25) is 4.79 Å². The summed E-state index contributed by atoms with van der Waals surface area (Å²) in [5.74, 6) is -0.645. The maximum Gasteiger partial charge on any atom is 0.326 e. The molecule has 1 N–H and O–H groups in total. The van der Waals surface area contributed by atoms with Crippen molar-refractivity contribution in [2.45, 2.75) is 38.1 Å². The number of hydrogen-bond donors (Lipinski definition) is 1. The lowest BCUT2D eigenvalue weighted by molar-refractivity contribution is -0.152. The Hall–Kier alpha value is -2.04. The van der Waals surface area contributed by atoms with E-state index >= 15 is 0 Å². The third-order valence-electron chi connectivity index (χ3n) is 4.06. The lowest BCUT2D eigenvalue weighted by Crippen LogP contribution is -2.49. The number of methoxy groups -OCH3 is 1. The standard InChI is InChI=1S/C16H21NO4/c1-11(12-6-8-13(21-2)9-7-12)15(18)17-10-4-3-5-14(17)16(19)20/h6-9,11,14H,3-5,10H2,1-2H3,(H,19,20)/t11-,14-/m1/s1. The van der Waals surface area contributed by atoms with E-state index in [0.29, 0.717) is 13.0 Å². The first kappa shape index (κ1) is 15.4. The summed E-state index contributed by atoms with van der Waals surface area (Å²) in [7, 11) is 1.59. The molecule has 1 heterocycles. The molecule has 1 fully saturated rings. The molecule has 0 unspecified atom stereocenters. The lowest BCUT2D eigenvalue weighted by atomic mass is 9.95. The molecule has 114 valence electrons. The van der Waals surface area contributed by atoms with Gasteiger partial charge in [0.25, 0.3) is 0 Å². The average molecular weight is 291 g/mol. The second-order valence-electron chi connectivity index (χ2n) is 5.38. The van der Waals surface area contributed by atoms with Crippen LogP contribution in [0.4, 0.5) is 0 Å². The van der Waals surface area contributed by atoms with E-state index in [0.717, 1.165) is 24.2 Å². The zero-order valence-electron chi connectivity index (χ0n) is 12.4. The third-order valence-corrected chi connectivity index (χ3v) is 4.06. The zero-order chi connectivity index (χ0) is 15.4. The predicted octanol–water partition coefficient (Wildman–Crippen LogP) is 2.26. The van der Waals surface area contributed by atoms with Crippen LogP contribution < -0.4 is 4.74 Å². The van der Waals surface area contributed by atoms with Crippen LogP contribution in [0.25, 0.3) is 0 Å². The highest BCUT2D eigenvalue weighted by molar-refractivity contribution is 5.88. The van der Waals surface area contributed by atoms with Crippen LogP contribution in [0.3, 0.4) is 0 Å². The quantitative estimate of drug-likeness (QED) is 0.924. The minimum Gasteiger partial charge on any atom is -0.497 e. The second-order valence-corrected chi connectivity index (χ2v) is 5.38. The Labute approximate surface area is 124 Å². The Morgan fingerprint density at radius 1 is 1.29 bits per heavy atom. The number of aliphatic carboxylic acids is 1. The van der Waals surface area contributed by atoms with Crippen molar-refractivity contribution in [2.24, 2.45) is 0 Å². The van der Waals surface area contributed by atoms with Gasteiger partial charge >= 0.3 is 5.97 Å². The van der Waals surface area contributed by atoms with Gasteiger partial charge in [0.1, 0.15) is 11.8 Å². The van der Waals surface area contributed by atoms with Gasteiger partial charge in [0.15, 0.2) is 0 Å². The Balaban J connectivity index is 2.14. The zero-order valence-corrected chi connectivity index (χ0v) is 12.4. The van der Waals surface area contributed by atoms with Crippen molar-refractivity contribution in [2.75, 3.05) is 13.7 Å². The number of nitrogens with zero attached hydrogens (tertiary/aromatic N) is 1. The Bertz CT molecular complexity index is 512. The summed E-state index contributed by atoms with van der Waals surface area (Å²) in [5, 5.41) is 9.27. The highest BCUT2D eigenvalue weighted by Crippen LogP contribution is 2.25. The van der Waals surface area contributed by atoms with E-state index in [2.05, 4.69) is 0 Å². The van der Waals surface area contributed by atoms with Crippen LogP contribution in [-0.4, -0.2) is 41.6 Å². The summed E-state index contributed by atoms with van der Waals surface area (Å²) in [4.78, 5) is 25.4. The lowest BCUT2D eigenvalue weighted by Gasteiger charge is -2.34. The predicted molar refractivity (Wildman–Crippen MR) is 78.4 cm³/mol. The molecule has 0 radical (unpaired) electrons. The topological polar surface area (TPSA) is 66.8 Å². The molecule has 0 saturated carbocycles. The number of carbonyl (C=O) groups excluding carboxylic acids is 1. The first-order valence-electron chi connectivity index (χ1n) is 7.22. The minimum atomic E-state index is -0.912. The molecule has 0 spiro atoms. The largest absolute Gasteiger partial charge is 0.497 e. The molecule has 0 aliphatic carbocycles. The van der Waals surface area contributed by atoms with Gasteiger partial charge in [-0.15, -0.1) is 0 Å². The van der Waals surface area contributed by atoms with Crippen LogP contribution in [0.2, 0.25) is 0 Å². The van der Waals surface area contributed by atoms with E-state index in [1.165, 1.54) is 4.90 Å². The summed E-state index contributed by atoms with van der Waals surface area (Å²) in [6, 6.07) is 6.63. The van der Waals surface area contributed by atoms with Gasteiger partial charge in [0.2, 0.25) is 5.91 Å². The van der Waals surface area contributed by atoms with Crippen molar-refractivity contribution < 1.29 is 19.4 Å². The molecule has 2 atom stereocenters. The SMILES string of the molecule is COc1ccc([C@@H](C)C(=O)N2CCCC[C@@H]2C(=O)O)cc1. The maximum atomic E-state index is 12.6. The molecule has 5 heteroatoms. The number of piperidine rings is 1. The number of rotatable bonds is 4. The van der Waals surface area contributed by atoms with Gasteiger partial charge in [-0.25, -0.2) is 4.79 Å². The molecular formula is C16H21NO4. The van der Waals surface area contributed by atoms with Crippen molar-refractivity contribution >= 4 is 11.9 Å². The molecule has 1 saturated heterocycles. The van der Waals surface area contributed by atoms with E-state index < -0.39 is 12.0 Å². The van der Waals surface area contributed by atoms with Gasteiger partial charge in [0.05, 0.1) is 13.0 Å². The molecule has 0 aromatic heterocycles. The summed E-state index contributed by atoms with van der Waals surface area (Å²) >= 11 is 0. The molecule has 2 rings (SSSR count). The van der Waals surface area contributed by atoms with Crippen molar-refractivity contribution in [3.63, 3.8) is 0 Å². The third kappa shape index (κ3) is 3.35. The average Bonchev–Trinajstić information content (AvgIpc) is 2.53. The summed E-state index contributed by atoms with van der Waals surface area (Å²) in [6.45, 7) is 2.34. The maximum absolute atomic E-state index is 12.6. The molecule has 1 aliphatic rings. The fourth-order valence-electron chi connectivity index (χ4n) is 2.74. The number of carboxylic acid groups (broad SMARTS) is 1. The van der Waals surface area contributed by atoms with E-state index in [4.69, 9.17) is 4.74 Å². The number of carboxylic acids is 1. The van der Waals surface area contributed by atoms with Crippen LogP contribution >= 0.6 is 0 Å². The van der Waals surface area contributed by atoms with E-state index in [9.17, 15) is 14.7 Å². The smallest absolute Gasteiger partial charge is 0.326 e. The number of likely N-dealkylation sites (tertiary alicyclic amines) is 1. The Kier molecular flexibility index (Phi) is 4.83. The van der Waals surface area contributed by atoms with Gasteiger partial charge < -0.3 is 14.7 Å². The van der Waals surface area contributed by atoms with Gasteiger partial charge in [0, 0.05) is 6.54 Å². The highest BCUT2D eigenvalue weighted by Gasteiger charge is 2.34. The first-order chi connectivity index (χ1) is 10.0. The minimum absolute atomic E-state index is 0.118. The molecule has 21 heavy (non-hydrogen) atoms. The Morgan fingerprint density at radius 3 is 2.52 bits per heavy atom. The van der Waals surface area contributed by atoms with Crippen LogP contribution in [0, 0.1) is 0 Å². The molecule has 1 aliphatic heterocycles. The molecule has 1 aromatic carbocycles. The second kappa shape index (κ2) is 6.61. The van der Waals surface area contributed by atoms with E-state index in [1.54, 1.807) is 7.11 Å². The van der Waals surface area contributed by atoms with Crippen molar-refractivity contribution in [1.29, 1.82) is 0 Å². The van der Waals surface area contributed by atoms with Crippen LogP contribution in [-0.2, 0) is 9.59 Å². The first-order valence-corrected chi connectivity index (χ1v) is 7.22. The van der Waals surface area contributed by atoms with Crippen molar-refractivity contribution in [1.82, 2.24) is 4.90 Å². The molecular weight excluding hydrogens is 270 g/mol. The highest BCUT2D eigenvalue weighted by atomic mass is 16.5. The fraction of sp³-hybridized carbons (Fsp3) is 0.500. The van der Waals surface area contributed by atoms with E-state index in [1.807, 2.05) is 31.2 Å². The van der Waals surface area contributed by atoms with Crippen LogP contribution in [0.15, 0.2) is 24.3 Å². The number of hydrogen-bond acceptors (Lipinski definition) is 3. The van der Waals surface area contributed by atoms with Crippen LogP contribution in [0.5, 0.6) is 5.75 Å². The normalized spacial score (nSPS) is 19.9. The van der Waals surface area contributed by atoms with Crippen molar-refractivity contribution in [3.05, 3.63) is 29.8 Å². The van der Waals surface area contributed by atoms with Crippen molar-refractivity contribution in [3.8, 4) is 5.75 Å². The number of benzene rings is 1. The molecule has 1 aromatic rings. The monoisotopic (exact) mass is 291 g/mol. The molecule has 5 nitrogen and oxygen atoms in total. The van der Waals surface area contributed by atoms with Gasteiger partial charge in [-0.05, 0) is 43.9 Å². The Morgan fingerprint density at radius 2 is 1.95 bits per heavy atom. The number of carbonyl (C=O) groups is 2. The van der Waals surface area contributed by atoms with Gasteiger partial charge in [-0.2, -0.15) is 0 Å².